The van der Waals surface area contributed by atoms with E-state index in [0.717, 1.165) is 11.3 Å². The van der Waals surface area contributed by atoms with Gasteiger partial charge in [0.2, 0.25) is 5.91 Å². The molecule has 0 bridgehead atoms. The first-order valence-corrected chi connectivity index (χ1v) is 7.78. The predicted molar refractivity (Wildman–Crippen MR) is 91.1 cm³/mol. The Kier molecular flexibility index (Phi) is 6.11. The van der Waals surface area contributed by atoms with Gasteiger partial charge in [-0.2, -0.15) is 5.10 Å². The highest BCUT2D eigenvalue weighted by atomic mass is 16.3. The first kappa shape index (κ1) is 17.0. The number of amides is 1. The fourth-order valence-electron chi connectivity index (χ4n) is 2.22. The molecule has 0 radical (unpaired) electrons. The summed E-state index contributed by atoms with van der Waals surface area (Å²) < 4.78 is 1.75. The molecule has 0 fully saturated rings. The van der Waals surface area contributed by atoms with Gasteiger partial charge >= 0.3 is 0 Å². The highest BCUT2D eigenvalue weighted by Crippen LogP contribution is 2.08. The Hall–Kier alpha value is -2.40. The number of hydrogen-bond donors (Lipinski definition) is 2. The van der Waals surface area contributed by atoms with Gasteiger partial charge in [-0.1, -0.05) is 32.0 Å². The molecule has 0 aliphatic carbocycles. The molecule has 1 aromatic carbocycles. The second-order valence-corrected chi connectivity index (χ2v) is 5.92. The Morgan fingerprint density at radius 3 is 2.78 bits per heavy atom. The quantitative estimate of drug-likeness (QED) is 0.771. The number of carbonyl (C=O) groups excluding carboxylic acids is 1. The molecular formula is C18H23N3O2. The molecule has 0 saturated heterocycles. The number of aromatic nitrogens is 2. The van der Waals surface area contributed by atoms with Gasteiger partial charge in [-0.25, -0.2) is 4.68 Å². The maximum Gasteiger partial charge on any atom is 0.244 e. The van der Waals surface area contributed by atoms with Crippen LogP contribution in [0.15, 0.2) is 48.8 Å². The number of aliphatic hydroxyl groups is 1. The van der Waals surface area contributed by atoms with E-state index in [2.05, 4.69) is 10.4 Å². The lowest BCUT2D eigenvalue weighted by Gasteiger charge is -2.12. The van der Waals surface area contributed by atoms with Crippen LogP contribution in [0.1, 0.15) is 25.8 Å². The first-order chi connectivity index (χ1) is 11.0. The minimum absolute atomic E-state index is 0.222. The monoisotopic (exact) mass is 313 g/mol. The van der Waals surface area contributed by atoms with Crippen molar-refractivity contribution in [2.24, 2.45) is 5.92 Å². The van der Waals surface area contributed by atoms with Crippen molar-refractivity contribution in [1.82, 2.24) is 15.1 Å². The smallest absolute Gasteiger partial charge is 0.244 e. The van der Waals surface area contributed by atoms with E-state index >= 15 is 0 Å². The zero-order chi connectivity index (χ0) is 16.7. The summed E-state index contributed by atoms with van der Waals surface area (Å²) in [6.45, 7) is 4.34. The molecule has 2 rings (SSSR count). The van der Waals surface area contributed by atoms with Crippen molar-refractivity contribution in [2.75, 3.05) is 6.54 Å². The van der Waals surface area contributed by atoms with Crippen LogP contribution in [-0.2, 0) is 4.79 Å². The van der Waals surface area contributed by atoms with E-state index in [1.54, 1.807) is 17.0 Å². The van der Waals surface area contributed by atoms with Gasteiger partial charge in [0, 0.05) is 24.4 Å². The molecule has 122 valence electrons. The van der Waals surface area contributed by atoms with Gasteiger partial charge in [0.25, 0.3) is 0 Å². The number of rotatable bonds is 7. The summed E-state index contributed by atoms with van der Waals surface area (Å²) >= 11 is 0. The molecule has 1 amide bonds. The molecule has 0 aliphatic heterocycles. The second kappa shape index (κ2) is 8.29. The number of carbonyl (C=O) groups is 1. The van der Waals surface area contributed by atoms with E-state index in [1.165, 1.54) is 6.08 Å². The third-order valence-electron chi connectivity index (χ3n) is 3.31. The fraction of sp³-hybridized carbons (Fsp3) is 0.333. The summed E-state index contributed by atoms with van der Waals surface area (Å²) in [4.78, 5) is 11.7. The van der Waals surface area contributed by atoms with Crippen molar-refractivity contribution in [3.8, 4) is 5.69 Å². The second-order valence-electron chi connectivity index (χ2n) is 5.92. The Morgan fingerprint density at radius 1 is 1.35 bits per heavy atom. The lowest BCUT2D eigenvalue weighted by atomic mass is 10.1. The zero-order valence-corrected chi connectivity index (χ0v) is 13.5. The molecule has 5 heteroatoms. The third kappa shape index (κ3) is 5.71. The topological polar surface area (TPSA) is 67.2 Å². The number of benzene rings is 1. The summed E-state index contributed by atoms with van der Waals surface area (Å²) in [7, 11) is 0. The van der Waals surface area contributed by atoms with E-state index in [0.29, 0.717) is 12.3 Å². The van der Waals surface area contributed by atoms with Gasteiger partial charge in [-0.05, 0) is 30.5 Å². The van der Waals surface area contributed by atoms with Crippen LogP contribution in [-0.4, -0.2) is 33.4 Å². The molecule has 0 aliphatic rings. The van der Waals surface area contributed by atoms with Gasteiger partial charge in [0.1, 0.15) is 0 Å². The van der Waals surface area contributed by atoms with Crippen molar-refractivity contribution in [2.45, 2.75) is 26.4 Å². The average molecular weight is 313 g/mol. The number of para-hydroxylation sites is 1. The molecule has 23 heavy (non-hydrogen) atoms. The fourth-order valence-corrected chi connectivity index (χ4v) is 2.22. The highest BCUT2D eigenvalue weighted by molar-refractivity contribution is 5.91. The normalized spacial score (nSPS) is 12.7. The van der Waals surface area contributed by atoms with Gasteiger partial charge in [-0.3, -0.25) is 4.79 Å². The van der Waals surface area contributed by atoms with Crippen molar-refractivity contribution in [3.05, 3.63) is 54.4 Å². The predicted octanol–water partition coefficient (Wildman–Crippen LogP) is 2.41. The molecule has 5 nitrogen and oxygen atoms in total. The van der Waals surface area contributed by atoms with E-state index in [-0.39, 0.29) is 12.5 Å². The van der Waals surface area contributed by atoms with Crippen LogP contribution in [0.4, 0.5) is 0 Å². The Morgan fingerprint density at radius 2 is 2.09 bits per heavy atom. The molecule has 0 spiro atoms. The molecule has 1 unspecified atom stereocenters. The number of hydrogen-bond acceptors (Lipinski definition) is 3. The van der Waals surface area contributed by atoms with Crippen LogP contribution in [0.2, 0.25) is 0 Å². The number of nitrogens with zero attached hydrogens (tertiary/aromatic N) is 2. The maximum atomic E-state index is 11.7. The third-order valence-corrected chi connectivity index (χ3v) is 3.31. The van der Waals surface area contributed by atoms with E-state index < -0.39 is 6.10 Å². The van der Waals surface area contributed by atoms with Gasteiger partial charge in [0.05, 0.1) is 18.0 Å². The first-order valence-electron chi connectivity index (χ1n) is 7.78. The van der Waals surface area contributed by atoms with Crippen LogP contribution < -0.4 is 5.32 Å². The standard InChI is InChI=1S/C18H23N3O2/c1-14(2)10-17(22)12-19-18(23)9-8-15-11-20-21(13-15)16-6-4-3-5-7-16/h3-9,11,13-14,17,22H,10,12H2,1-2H3,(H,19,23)/b9-8+. The van der Waals surface area contributed by atoms with E-state index in [9.17, 15) is 9.90 Å². The van der Waals surface area contributed by atoms with Crippen LogP contribution >= 0.6 is 0 Å². The van der Waals surface area contributed by atoms with E-state index in [1.807, 2.05) is 50.4 Å². The van der Waals surface area contributed by atoms with E-state index in [4.69, 9.17) is 0 Å². The summed E-state index contributed by atoms with van der Waals surface area (Å²) in [6.07, 6.45) is 6.88. The van der Waals surface area contributed by atoms with Crippen LogP contribution in [0.5, 0.6) is 0 Å². The van der Waals surface area contributed by atoms with Gasteiger partial charge < -0.3 is 10.4 Å². The average Bonchev–Trinajstić information content (AvgIpc) is 3.00. The Labute approximate surface area is 136 Å². The molecule has 0 saturated carbocycles. The highest BCUT2D eigenvalue weighted by Gasteiger charge is 2.07. The van der Waals surface area contributed by atoms with Crippen LogP contribution in [0.25, 0.3) is 11.8 Å². The summed E-state index contributed by atoms with van der Waals surface area (Å²) in [5, 5.41) is 16.7. The number of aliphatic hydroxyl groups excluding tert-OH is 1. The molecule has 1 atom stereocenters. The summed E-state index contributed by atoms with van der Waals surface area (Å²) in [5.74, 6) is 0.182. The van der Waals surface area contributed by atoms with Crippen molar-refractivity contribution in [1.29, 1.82) is 0 Å². The summed E-state index contributed by atoms with van der Waals surface area (Å²) in [6, 6.07) is 9.77. The van der Waals surface area contributed by atoms with Gasteiger partial charge in [-0.15, -0.1) is 0 Å². The van der Waals surface area contributed by atoms with Crippen molar-refractivity contribution >= 4 is 12.0 Å². The Bertz CT molecular complexity index is 647. The lowest BCUT2D eigenvalue weighted by molar-refractivity contribution is -0.116. The SMILES string of the molecule is CC(C)CC(O)CNC(=O)/C=C/c1cnn(-c2ccccc2)c1. The van der Waals surface area contributed by atoms with Crippen LogP contribution in [0, 0.1) is 5.92 Å². The molecule has 2 N–H and O–H groups in total. The van der Waals surface area contributed by atoms with Crippen LogP contribution in [0.3, 0.4) is 0 Å². The van der Waals surface area contributed by atoms with Crippen molar-refractivity contribution in [3.63, 3.8) is 0 Å². The molecule has 1 aromatic heterocycles. The minimum Gasteiger partial charge on any atom is -0.391 e. The number of nitrogens with one attached hydrogen (secondary N) is 1. The Balaban J connectivity index is 1.86. The van der Waals surface area contributed by atoms with Crippen molar-refractivity contribution < 1.29 is 9.90 Å². The lowest BCUT2D eigenvalue weighted by Crippen LogP contribution is -2.31. The zero-order valence-electron chi connectivity index (χ0n) is 13.5. The molecular weight excluding hydrogens is 290 g/mol. The maximum absolute atomic E-state index is 11.7. The largest absolute Gasteiger partial charge is 0.391 e. The molecule has 1 heterocycles. The minimum atomic E-state index is -0.506. The molecule has 2 aromatic rings. The summed E-state index contributed by atoms with van der Waals surface area (Å²) in [5.41, 5.74) is 1.81. The van der Waals surface area contributed by atoms with Gasteiger partial charge in [0.15, 0.2) is 0 Å².